The topological polar surface area (TPSA) is 57.8 Å². The molecule has 2 N–H and O–H groups in total. The molecule has 0 radical (unpaired) electrons. The van der Waals surface area contributed by atoms with E-state index in [0.717, 1.165) is 12.2 Å². The molecule has 0 unspecified atom stereocenters. The normalized spacial score (nSPS) is 18.9. The Morgan fingerprint density at radius 3 is 2.76 bits per heavy atom. The van der Waals surface area contributed by atoms with Crippen molar-refractivity contribution in [2.45, 2.75) is 46.0 Å². The summed E-state index contributed by atoms with van der Waals surface area (Å²) in [7, 11) is 0. The monoisotopic (exact) mass is 235 g/mol. The first kappa shape index (κ1) is 12.1. The number of aromatic nitrogens is 2. The largest absolute Gasteiger partial charge is 0.351 e. The summed E-state index contributed by atoms with van der Waals surface area (Å²) in [5.74, 6) is -0.0111. The lowest BCUT2D eigenvalue weighted by atomic mass is 9.76. The molecule has 4 nitrogen and oxygen atoms in total. The zero-order valence-electron chi connectivity index (χ0n) is 10.7. The summed E-state index contributed by atoms with van der Waals surface area (Å²) in [4.78, 5) is 11.9. The standard InChI is InChI=1S/C13H21N3O/c1-10-11(8-15-16-10)12(17)14-9-13(2)6-4-3-5-7-13/h8H,3-7,9H2,1-2H3,(H,14,17)(H,15,16). The predicted molar refractivity (Wildman–Crippen MR) is 66.8 cm³/mol. The molecule has 94 valence electrons. The van der Waals surface area contributed by atoms with Crippen LogP contribution in [0, 0.1) is 12.3 Å². The van der Waals surface area contributed by atoms with E-state index in [1.54, 1.807) is 6.20 Å². The number of H-pyrrole nitrogens is 1. The Labute approximate surface area is 102 Å². The third-order valence-electron chi connectivity index (χ3n) is 3.81. The molecule has 0 bridgehead atoms. The molecule has 1 amide bonds. The number of aryl methyl sites for hydroxylation is 1. The summed E-state index contributed by atoms with van der Waals surface area (Å²) >= 11 is 0. The lowest BCUT2D eigenvalue weighted by molar-refractivity contribution is 0.0918. The predicted octanol–water partition coefficient (Wildman–Crippen LogP) is 2.42. The highest BCUT2D eigenvalue weighted by atomic mass is 16.1. The summed E-state index contributed by atoms with van der Waals surface area (Å²) in [6, 6.07) is 0. The number of carbonyl (C=O) groups is 1. The van der Waals surface area contributed by atoms with E-state index in [2.05, 4.69) is 22.4 Å². The molecule has 0 aliphatic heterocycles. The van der Waals surface area contributed by atoms with Gasteiger partial charge in [-0.15, -0.1) is 0 Å². The Hall–Kier alpha value is -1.32. The van der Waals surface area contributed by atoms with E-state index in [-0.39, 0.29) is 11.3 Å². The molecule has 0 atom stereocenters. The number of nitrogens with zero attached hydrogens (tertiary/aromatic N) is 1. The molecule has 0 aromatic carbocycles. The minimum Gasteiger partial charge on any atom is -0.351 e. The summed E-state index contributed by atoms with van der Waals surface area (Å²) < 4.78 is 0. The van der Waals surface area contributed by atoms with E-state index in [1.807, 2.05) is 6.92 Å². The summed E-state index contributed by atoms with van der Waals surface area (Å²) in [6.45, 7) is 4.91. The van der Waals surface area contributed by atoms with Crippen LogP contribution in [0.25, 0.3) is 0 Å². The smallest absolute Gasteiger partial charge is 0.254 e. The molecule has 1 fully saturated rings. The van der Waals surface area contributed by atoms with Gasteiger partial charge in [0.2, 0.25) is 0 Å². The van der Waals surface area contributed by atoms with E-state index < -0.39 is 0 Å². The molecule has 1 saturated carbocycles. The maximum Gasteiger partial charge on any atom is 0.254 e. The quantitative estimate of drug-likeness (QED) is 0.845. The number of hydrogen-bond acceptors (Lipinski definition) is 2. The number of amides is 1. The molecule has 4 heteroatoms. The molecule has 1 aliphatic carbocycles. The van der Waals surface area contributed by atoms with Crippen LogP contribution in [0.15, 0.2) is 6.20 Å². The number of aromatic amines is 1. The number of nitrogens with one attached hydrogen (secondary N) is 2. The van der Waals surface area contributed by atoms with Gasteiger partial charge in [0.1, 0.15) is 0 Å². The van der Waals surface area contributed by atoms with Gasteiger partial charge in [-0.05, 0) is 25.2 Å². The molecule has 1 aliphatic rings. The SMILES string of the molecule is Cc1[nH]ncc1C(=O)NCC1(C)CCCCC1. The second kappa shape index (κ2) is 4.90. The minimum absolute atomic E-state index is 0.0111. The van der Waals surface area contributed by atoms with Crippen LogP contribution in [-0.4, -0.2) is 22.6 Å². The van der Waals surface area contributed by atoms with Crippen LogP contribution in [-0.2, 0) is 0 Å². The number of carbonyl (C=O) groups excluding carboxylic acids is 1. The van der Waals surface area contributed by atoms with Crippen LogP contribution >= 0.6 is 0 Å². The van der Waals surface area contributed by atoms with Crippen molar-refractivity contribution in [2.24, 2.45) is 5.41 Å². The van der Waals surface area contributed by atoms with Crippen molar-refractivity contribution in [1.29, 1.82) is 0 Å². The molecule has 1 heterocycles. The first-order chi connectivity index (χ1) is 8.11. The molecular formula is C13H21N3O. The fourth-order valence-electron chi connectivity index (χ4n) is 2.55. The lowest BCUT2D eigenvalue weighted by Crippen LogP contribution is -2.37. The van der Waals surface area contributed by atoms with Crippen LogP contribution in [0.3, 0.4) is 0 Å². The Kier molecular flexibility index (Phi) is 3.50. The van der Waals surface area contributed by atoms with E-state index in [4.69, 9.17) is 0 Å². The van der Waals surface area contributed by atoms with E-state index >= 15 is 0 Å². The molecule has 1 aromatic rings. The van der Waals surface area contributed by atoms with Crippen molar-refractivity contribution >= 4 is 5.91 Å². The van der Waals surface area contributed by atoms with Gasteiger partial charge in [-0.2, -0.15) is 5.10 Å². The van der Waals surface area contributed by atoms with Crippen molar-refractivity contribution < 1.29 is 4.79 Å². The molecule has 0 spiro atoms. The molecule has 2 rings (SSSR count). The first-order valence-electron chi connectivity index (χ1n) is 6.39. The number of rotatable bonds is 3. The maximum atomic E-state index is 11.9. The summed E-state index contributed by atoms with van der Waals surface area (Å²) in [6.07, 6.45) is 7.95. The van der Waals surface area contributed by atoms with Crippen LogP contribution in [0.1, 0.15) is 55.1 Å². The van der Waals surface area contributed by atoms with Crippen LogP contribution in [0.4, 0.5) is 0 Å². The first-order valence-corrected chi connectivity index (χ1v) is 6.39. The van der Waals surface area contributed by atoms with Gasteiger partial charge in [0, 0.05) is 12.2 Å². The maximum absolute atomic E-state index is 11.9. The fraction of sp³-hybridized carbons (Fsp3) is 0.692. The Balaban J connectivity index is 1.90. The van der Waals surface area contributed by atoms with Gasteiger partial charge in [-0.25, -0.2) is 0 Å². The van der Waals surface area contributed by atoms with E-state index in [1.165, 1.54) is 32.1 Å². The average Bonchev–Trinajstić information content (AvgIpc) is 2.74. The molecule has 1 aromatic heterocycles. The highest BCUT2D eigenvalue weighted by molar-refractivity contribution is 5.94. The minimum atomic E-state index is -0.0111. The van der Waals surface area contributed by atoms with Gasteiger partial charge < -0.3 is 5.32 Å². The van der Waals surface area contributed by atoms with Crippen molar-refractivity contribution in [3.8, 4) is 0 Å². The summed E-state index contributed by atoms with van der Waals surface area (Å²) in [5.41, 5.74) is 1.77. The lowest BCUT2D eigenvalue weighted by Gasteiger charge is -2.33. The molecule has 0 saturated heterocycles. The average molecular weight is 235 g/mol. The highest BCUT2D eigenvalue weighted by Gasteiger charge is 2.27. The Morgan fingerprint density at radius 1 is 1.47 bits per heavy atom. The second-order valence-electron chi connectivity index (χ2n) is 5.46. The van der Waals surface area contributed by atoms with E-state index in [0.29, 0.717) is 5.56 Å². The Bertz CT molecular complexity index is 391. The summed E-state index contributed by atoms with van der Waals surface area (Å²) in [5, 5.41) is 9.69. The van der Waals surface area contributed by atoms with Gasteiger partial charge in [-0.3, -0.25) is 9.89 Å². The van der Waals surface area contributed by atoms with Crippen molar-refractivity contribution in [3.05, 3.63) is 17.5 Å². The van der Waals surface area contributed by atoms with Crippen LogP contribution < -0.4 is 5.32 Å². The van der Waals surface area contributed by atoms with Gasteiger partial charge in [0.25, 0.3) is 5.91 Å². The third kappa shape index (κ3) is 2.87. The van der Waals surface area contributed by atoms with Crippen LogP contribution in [0.5, 0.6) is 0 Å². The van der Waals surface area contributed by atoms with Crippen molar-refractivity contribution in [3.63, 3.8) is 0 Å². The molecular weight excluding hydrogens is 214 g/mol. The molecule has 17 heavy (non-hydrogen) atoms. The van der Waals surface area contributed by atoms with Crippen LogP contribution in [0.2, 0.25) is 0 Å². The van der Waals surface area contributed by atoms with Gasteiger partial charge in [-0.1, -0.05) is 26.2 Å². The zero-order valence-corrected chi connectivity index (χ0v) is 10.7. The fourth-order valence-corrected chi connectivity index (χ4v) is 2.55. The number of hydrogen-bond donors (Lipinski definition) is 2. The zero-order chi connectivity index (χ0) is 12.3. The Morgan fingerprint density at radius 2 is 2.18 bits per heavy atom. The van der Waals surface area contributed by atoms with Gasteiger partial charge in [0.15, 0.2) is 0 Å². The third-order valence-corrected chi connectivity index (χ3v) is 3.81. The van der Waals surface area contributed by atoms with E-state index in [9.17, 15) is 4.79 Å². The van der Waals surface area contributed by atoms with Gasteiger partial charge in [0.05, 0.1) is 11.8 Å². The van der Waals surface area contributed by atoms with Crippen molar-refractivity contribution in [1.82, 2.24) is 15.5 Å². The van der Waals surface area contributed by atoms with Crippen molar-refractivity contribution in [2.75, 3.05) is 6.54 Å². The highest BCUT2D eigenvalue weighted by Crippen LogP contribution is 2.34. The second-order valence-corrected chi connectivity index (χ2v) is 5.46. The van der Waals surface area contributed by atoms with Gasteiger partial charge >= 0.3 is 0 Å².